The molecule has 0 spiro atoms. The van der Waals surface area contributed by atoms with Crippen LogP contribution in [0.2, 0.25) is 10.2 Å². The summed E-state index contributed by atoms with van der Waals surface area (Å²) in [5, 5.41) is 12.7. The third kappa shape index (κ3) is 5.57. The topological polar surface area (TPSA) is 68.6 Å². The van der Waals surface area contributed by atoms with Crippen molar-refractivity contribution >= 4 is 35.2 Å². The Balaban J connectivity index is 1.63. The molecule has 0 atom stereocenters. The number of hydrogen-bond acceptors (Lipinski definition) is 6. The highest BCUT2D eigenvalue weighted by atomic mass is 35.5. The zero-order valence-electron chi connectivity index (χ0n) is 14.4. The summed E-state index contributed by atoms with van der Waals surface area (Å²) >= 11 is 11.6. The minimum Gasteiger partial charge on any atom is -0.493 e. The van der Waals surface area contributed by atoms with Gasteiger partial charge in [0.1, 0.15) is 6.61 Å². The molecule has 0 saturated carbocycles. The van der Waals surface area contributed by atoms with E-state index >= 15 is 0 Å². The van der Waals surface area contributed by atoms with Crippen molar-refractivity contribution in [2.24, 2.45) is 5.10 Å². The molecule has 1 heterocycles. The Morgan fingerprint density at radius 1 is 1.00 bits per heavy atom. The Morgan fingerprint density at radius 3 is 2.52 bits per heavy atom. The minimum atomic E-state index is 0.323. The number of aromatic nitrogens is 2. The number of benzene rings is 2. The van der Waals surface area contributed by atoms with E-state index < -0.39 is 0 Å². The van der Waals surface area contributed by atoms with Gasteiger partial charge in [-0.25, -0.2) is 0 Å². The average molecular weight is 403 g/mol. The molecule has 2 aromatic carbocycles. The van der Waals surface area contributed by atoms with E-state index in [0.29, 0.717) is 34.1 Å². The Kier molecular flexibility index (Phi) is 6.46. The number of hydrazone groups is 1. The van der Waals surface area contributed by atoms with Crippen molar-refractivity contribution in [2.45, 2.75) is 6.61 Å². The fraction of sp³-hybridized carbons (Fsp3) is 0.105. The standard InChI is InChI=1S/C19H16Cl2N4O2/c1-26-17-10-14(11-22-24-19-9-8-18(21)23-25-19)4-7-16(17)27-12-13-2-5-15(20)6-3-13/h2-11H,12H2,1H3,(H,24,25). The molecule has 0 aliphatic rings. The van der Waals surface area contributed by atoms with Gasteiger partial charge in [0.2, 0.25) is 0 Å². The predicted molar refractivity (Wildman–Crippen MR) is 107 cm³/mol. The zero-order chi connectivity index (χ0) is 19.1. The molecule has 0 aliphatic heterocycles. The molecule has 0 bridgehead atoms. The maximum Gasteiger partial charge on any atom is 0.168 e. The van der Waals surface area contributed by atoms with Crippen molar-refractivity contribution in [1.82, 2.24) is 10.2 Å². The number of nitrogens with zero attached hydrogens (tertiary/aromatic N) is 3. The molecule has 0 fully saturated rings. The van der Waals surface area contributed by atoms with E-state index in [1.807, 2.05) is 42.5 Å². The van der Waals surface area contributed by atoms with Crippen molar-refractivity contribution < 1.29 is 9.47 Å². The summed E-state index contributed by atoms with van der Waals surface area (Å²) < 4.78 is 11.2. The molecule has 3 aromatic rings. The van der Waals surface area contributed by atoms with Crippen molar-refractivity contribution in [3.05, 3.63) is 75.9 Å². The molecule has 0 amide bonds. The summed E-state index contributed by atoms with van der Waals surface area (Å²) in [6.07, 6.45) is 1.64. The van der Waals surface area contributed by atoms with E-state index in [0.717, 1.165) is 11.1 Å². The highest BCUT2D eigenvalue weighted by Gasteiger charge is 2.06. The van der Waals surface area contributed by atoms with Gasteiger partial charge in [-0.2, -0.15) is 5.10 Å². The third-order valence-corrected chi connectivity index (χ3v) is 3.97. The molecule has 6 nitrogen and oxygen atoms in total. The summed E-state index contributed by atoms with van der Waals surface area (Å²) in [5.41, 5.74) is 4.63. The molecule has 27 heavy (non-hydrogen) atoms. The SMILES string of the molecule is COc1cc(C=NNc2ccc(Cl)nn2)ccc1OCc1ccc(Cl)cc1. The van der Waals surface area contributed by atoms with Crippen LogP contribution in [0.15, 0.2) is 59.7 Å². The number of nitrogens with one attached hydrogen (secondary N) is 1. The van der Waals surface area contributed by atoms with Gasteiger partial charge in [-0.1, -0.05) is 35.3 Å². The first-order valence-electron chi connectivity index (χ1n) is 7.97. The van der Waals surface area contributed by atoms with Crippen LogP contribution in [0.3, 0.4) is 0 Å². The molecular formula is C19H16Cl2N4O2. The highest BCUT2D eigenvalue weighted by molar-refractivity contribution is 6.30. The molecular weight excluding hydrogens is 387 g/mol. The van der Waals surface area contributed by atoms with Crippen molar-refractivity contribution in [3.63, 3.8) is 0 Å². The smallest absolute Gasteiger partial charge is 0.168 e. The van der Waals surface area contributed by atoms with Gasteiger partial charge in [0.15, 0.2) is 22.5 Å². The molecule has 0 aliphatic carbocycles. The van der Waals surface area contributed by atoms with Crippen LogP contribution in [-0.4, -0.2) is 23.5 Å². The average Bonchev–Trinajstić information content (AvgIpc) is 2.69. The van der Waals surface area contributed by atoms with Crippen molar-refractivity contribution in [2.75, 3.05) is 12.5 Å². The van der Waals surface area contributed by atoms with Crippen LogP contribution in [0.25, 0.3) is 0 Å². The lowest BCUT2D eigenvalue weighted by molar-refractivity contribution is 0.284. The van der Waals surface area contributed by atoms with Gasteiger partial charge in [0.25, 0.3) is 0 Å². The van der Waals surface area contributed by atoms with Crippen LogP contribution in [0.4, 0.5) is 5.82 Å². The highest BCUT2D eigenvalue weighted by Crippen LogP contribution is 2.28. The van der Waals surface area contributed by atoms with Crippen LogP contribution < -0.4 is 14.9 Å². The van der Waals surface area contributed by atoms with Gasteiger partial charge in [-0.3, -0.25) is 5.43 Å². The van der Waals surface area contributed by atoms with E-state index in [1.165, 1.54) is 0 Å². The van der Waals surface area contributed by atoms with E-state index in [1.54, 1.807) is 25.5 Å². The quantitative estimate of drug-likeness (QED) is 0.453. The molecule has 0 unspecified atom stereocenters. The van der Waals surface area contributed by atoms with Gasteiger partial charge in [0, 0.05) is 5.02 Å². The molecule has 8 heteroatoms. The Bertz CT molecular complexity index is 916. The van der Waals surface area contributed by atoms with Crippen LogP contribution >= 0.6 is 23.2 Å². The fourth-order valence-corrected chi connectivity index (χ4v) is 2.40. The lowest BCUT2D eigenvalue weighted by Crippen LogP contribution is -1.99. The van der Waals surface area contributed by atoms with Crippen molar-refractivity contribution in [1.29, 1.82) is 0 Å². The van der Waals surface area contributed by atoms with Gasteiger partial charge in [-0.15, -0.1) is 10.2 Å². The fourth-order valence-electron chi connectivity index (χ4n) is 2.17. The first-order chi connectivity index (χ1) is 13.1. The molecule has 3 rings (SSSR count). The van der Waals surface area contributed by atoms with Gasteiger partial charge in [-0.05, 0) is 53.6 Å². The number of halogens is 2. The summed E-state index contributed by atoms with van der Waals surface area (Å²) in [5.74, 6) is 1.74. The monoisotopic (exact) mass is 402 g/mol. The number of hydrogen-bond donors (Lipinski definition) is 1. The predicted octanol–water partition coefficient (Wildman–Crippen LogP) is 4.82. The lowest BCUT2D eigenvalue weighted by atomic mass is 10.2. The van der Waals surface area contributed by atoms with Gasteiger partial charge < -0.3 is 9.47 Å². The second kappa shape index (κ2) is 9.21. The summed E-state index contributed by atoms with van der Waals surface area (Å²) in [7, 11) is 1.59. The Morgan fingerprint density at radius 2 is 1.81 bits per heavy atom. The summed E-state index contributed by atoms with van der Waals surface area (Å²) in [6, 6.07) is 16.3. The van der Waals surface area contributed by atoms with E-state index in [4.69, 9.17) is 32.7 Å². The Hall–Kier alpha value is -2.83. The lowest BCUT2D eigenvalue weighted by Gasteiger charge is -2.11. The van der Waals surface area contributed by atoms with E-state index in [9.17, 15) is 0 Å². The van der Waals surface area contributed by atoms with Gasteiger partial charge >= 0.3 is 0 Å². The summed E-state index contributed by atoms with van der Waals surface area (Å²) in [4.78, 5) is 0. The zero-order valence-corrected chi connectivity index (χ0v) is 15.9. The molecule has 1 aromatic heterocycles. The largest absolute Gasteiger partial charge is 0.493 e. The van der Waals surface area contributed by atoms with Crippen LogP contribution in [0.1, 0.15) is 11.1 Å². The number of methoxy groups -OCH3 is 1. The van der Waals surface area contributed by atoms with Crippen LogP contribution in [0.5, 0.6) is 11.5 Å². The van der Waals surface area contributed by atoms with Crippen molar-refractivity contribution in [3.8, 4) is 11.5 Å². The first kappa shape index (κ1) is 18.9. The molecule has 1 N–H and O–H groups in total. The molecule has 0 radical (unpaired) electrons. The second-order valence-electron chi connectivity index (χ2n) is 5.44. The van der Waals surface area contributed by atoms with E-state index in [2.05, 4.69) is 20.7 Å². The molecule has 138 valence electrons. The number of ether oxygens (including phenoxy) is 2. The van der Waals surface area contributed by atoms with Gasteiger partial charge in [0.05, 0.1) is 13.3 Å². The molecule has 0 saturated heterocycles. The number of rotatable bonds is 7. The number of anilines is 1. The Labute approximate surface area is 166 Å². The third-order valence-electron chi connectivity index (χ3n) is 3.52. The first-order valence-corrected chi connectivity index (χ1v) is 8.73. The maximum absolute atomic E-state index is 5.89. The summed E-state index contributed by atoms with van der Waals surface area (Å²) in [6.45, 7) is 0.414. The minimum absolute atomic E-state index is 0.323. The second-order valence-corrected chi connectivity index (χ2v) is 6.26. The maximum atomic E-state index is 5.89. The normalized spacial score (nSPS) is 10.8. The van der Waals surface area contributed by atoms with E-state index in [-0.39, 0.29) is 0 Å². The van der Waals surface area contributed by atoms with Crippen LogP contribution in [-0.2, 0) is 6.61 Å². The van der Waals surface area contributed by atoms with Crippen LogP contribution in [0, 0.1) is 0 Å².